The van der Waals surface area contributed by atoms with E-state index < -0.39 is 5.97 Å². The lowest BCUT2D eigenvalue weighted by molar-refractivity contribution is 0.0697. The van der Waals surface area contributed by atoms with Gasteiger partial charge in [-0.2, -0.15) is 0 Å². The van der Waals surface area contributed by atoms with Gasteiger partial charge in [-0.3, -0.25) is 4.57 Å². The Morgan fingerprint density at radius 1 is 1.21 bits per heavy atom. The van der Waals surface area contributed by atoms with Gasteiger partial charge >= 0.3 is 5.97 Å². The maximum atomic E-state index is 11.4. The summed E-state index contributed by atoms with van der Waals surface area (Å²) in [5, 5.41) is 9.33. The second-order valence-electron chi connectivity index (χ2n) is 7.86. The summed E-state index contributed by atoms with van der Waals surface area (Å²) in [6.45, 7) is 4.19. The van der Waals surface area contributed by atoms with Crippen LogP contribution in [-0.2, 0) is 4.74 Å². The summed E-state index contributed by atoms with van der Waals surface area (Å²) in [7, 11) is 3.83. The Morgan fingerprint density at radius 3 is 2.66 bits per heavy atom. The molecule has 4 rings (SSSR count). The van der Waals surface area contributed by atoms with Crippen LogP contribution in [-0.4, -0.2) is 52.8 Å². The number of nitrogens with zero attached hydrogens (tertiary/aromatic N) is 3. The van der Waals surface area contributed by atoms with Gasteiger partial charge in [0.1, 0.15) is 11.9 Å². The van der Waals surface area contributed by atoms with Crippen molar-refractivity contribution in [1.82, 2.24) is 14.5 Å². The van der Waals surface area contributed by atoms with Crippen molar-refractivity contribution < 1.29 is 14.6 Å². The highest BCUT2D eigenvalue weighted by atomic mass is 16.5. The van der Waals surface area contributed by atoms with Crippen molar-refractivity contribution in [3.63, 3.8) is 0 Å². The summed E-state index contributed by atoms with van der Waals surface area (Å²) in [6, 6.07) is 13.7. The molecule has 0 amide bonds. The minimum absolute atomic E-state index is 0.220. The first-order chi connectivity index (χ1) is 14.0. The van der Waals surface area contributed by atoms with E-state index >= 15 is 0 Å². The van der Waals surface area contributed by atoms with Crippen LogP contribution in [0.4, 0.5) is 0 Å². The molecule has 1 aliphatic heterocycles. The highest BCUT2D eigenvalue weighted by Gasteiger charge is 2.22. The van der Waals surface area contributed by atoms with Crippen LogP contribution in [0.15, 0.2) is 42.5 Å². The topological polar surface area (TPSA) is 67.6 Å². The molecule has 0 bridgehead atoms. The fraction of sp³-hybridized carbons (Fsp3) is 0.391. The Kier molecular flexibility index (Phi) is 5.39. The third-order valence-electron chi connectivity index (χ3n) is 5.96. The zero-order chi connectivity index (χ0) is 20.5. The standard InChI is InChI=1S/C23H27N3O3/c1-15(29-3)22-24-20-14-18(23(27)28)7-8-21(20)26(22)19-6-4-5-17(13-19)16-9-11-25(2)12-10-16/h4-8,13-16H,9-12H2,1-3H3,(H,27,28). The summed E-state index contributed by atoms with van der Waals surface area (Å²) >= 11 is 0. The normalized spacial score (nSPS) is 16.9. The van der Waals surface area contributed by atoms with Crippen molar-refractivity contribution >= 4 is 17.0 Å². The quantitative estimate of drug-likeness (QED) is 0.702. The van der Waals surface area contributed by atoms with Crippen molar-refractivity contribution in [1.29, 1.82) is 0 Å². The van der Waals surface area contributed by atoms with Crippen molar-refractivity contribution in [2.45, 2.75) is 31.8 Å². The van der Waals surface area contributed by atoms with E-state index in [0.29, 0.717) is 11.4 Å². The predicted octanol–water partition coefficient (Wildman–Crippen LogP) is 4.24. The molecular formula is C23H27N3O3. The van der Waals surface area contributed by atoms with Crippen LogP contribution in [0.25, 0.3) is 16.7 Å². The maximum Gasteiger partial charge on any atom is 0.335 e. The smallest absolute Gasteiger partial charge is 0.335 e. The number of carboxylic acids is 1. The molecule has 0 radical (unpaired) electrons. The van der Waals surface area contributed by atoms with Crippen molar-refractivity contribution in [3.05, 3.63) is 59.4 Å². The molecule has 1 N–H and O–H groups in total. The molecule has 2 heterocycles. The molecule has 3 aromatic rings. The van der Waals surface area contributed by atoms with Gasteiger partial charge in [0.2, 0.25) is 0 Å². The van der Waals surface area contributed by atoms with Crippen LogP contribution in [0.5, 0.6) is 0 Å². The molecular weight excluding hydrogens is 366 g/mol. The summed E-state index contributed by atoms with van der Waals surface area (Å²) in [6.07, 6.45) is 2.10. The number of piperidine rings is 1. The first-order valence-corrected chi connectivity index (χ1v) is 10.0. The zero-order valence-electron chi connectivity index (χ0n) is 17.1. The highest BCUT2D eigenvalue weighted by Crippen LogP contribution is 2.32. The average Bonchev–Trinajstić information content (AvgIpc) is 3.12. The Labute approximate surface area is 170 Å². The van der Waals surface area contributed by atoms with Gasteiger partial charge in [-0.15, -0.1) is 0 Å². The van der Waals surface area contributed by atoms with Gasteiger partial charge in [-0.1, -0.05) is 12.1 Å². The number of imidazole rings is 1. The lowest BCUT2D eigenvalue weighted by Gasteiger charge is -2.29. The first-order valence-electron chi connectivity index (χ1n) is 10.0. The third-order valence-corrected chi connectivity index (χ3v) is 5.96. The number of aromatic nitrogens is 2. The Bertz CT molecular complexity index is 1040. The van der Waals surface area contributed by atoms with E-state index in [1.54, 1.807) is 19.2 Å². The molecule has 2 aromatic carbocycles. The van der Waals surface area contributed by atoms with Crippen molar-refractivity contribution in [3.8, 4) is 5.69 Å². The fourth-order valence-corrected chi connectivity index (χ4v) is 4.14. The lowest BCUT2D eigenvalue weighted by atomic mass is 9.89. The average molecular weight is 393 g/mol. The van der Waals surface area contributed by atoms with Crippen LogP contribution >= 0.6 is 0 Å². The molecule has 0 saturated carbocycles. The number of carboxylic acid groups (broad SMARTS) is 1. The molecule has 152 valence electrons. The van der Waals surface area contributed by atoms with Crippen LogP contribution < -0.4 is 0 Å². The van der Waals surface area contributed by atoms with Gasteiger partial charge in [0, 0.05) is 12.8 Å². The molecule has 1 fully saturated rings. The van der Waals surface area contributed by atoms with Gasteiger partial charge in [-0.05, 0) is 81.7 Å². The molecule has 0 aliphatic carbocycles. The number of fused-ring (bicyclic) bond motifs is 1. The predicted molar refractivity (Wildman–Crippen MR) is 113 cm³/mol. The van der Waals surface area contributed by atoms with Crippen LogP contribution in [0, 0.1) is 0 Å². The number of rotatable bonds is 5. The fourth-order valence-electron chi connectivity index (χ4n) is 4.14. The monoisotopic (exact) mass is 393 g/mol. The van der Waals surface area contributed by atoms with Gasteiger partial charge in [0.25, 0.3) is 0 Å². The third kappa shape index (κ3) is 3.78. The molecule has 29 heavy (non-hydrogen) atoms. The Balaban J connectivity index is 1.82. The molecule has 1 atom stereocenters. The van der Waals surface area contributed by atoms with Crippen LogP contribution in [0.2, 0.25) is 0 Å². The second kappa shape index (κ2) is 7.97. The van der Waals surface area contributed by atoms with E-state index in [1.807, 2.05) is 13.0 Å². The molecule has 1 unspecified atom stereocenters. The van der Waals surface area contributed by atoms with E-state index in [4.69, 9.17) is 9.72 Å². The number of hydrogen-bond donors (Lipinski definition) is 1. The number of likely N-dealkylation sites (tertiary alicyclic amines) is 1. The van der Waals surface area contributed by atoms with Gasteiger partial charge in [-0.25, -0.2) is 9.78 Å². The molecule has 6 heteroatoms. The number of hydrogen-bond acceptors (Lipinski definition) is 4. The number of ether oxygens (including phenoxy) is 1. The number of benzene rings is 2. The lowest BCUT2D eigenvalue weighted by Crippen LogP contribution is -2.29. The number of carbonyl (C=O) groups is 1. The second-order valence-corrected chi connectivity index (χ2v) is 7.86. The Morgan fingerprint density at radius 2 is 1.97 bits per heavy atom. The summed E-state index contributed by atoms with van der Waals surface area (Å²) in [5.41, 5.74) is 4.16. The van der Waals surface area contributed by atoms with Crippen LogP contribution in [0.3, 0.4) is 0 Å². The summed E-state index contributed by atoms with van der Waals surface area (Å²) in [5.74, 6) is 0.375. The van der Waals surface area contributed by atoms with E-state index in [2.05, 4.69) is 40.8 Å². The van der Waals surface area contributed by atoms with Gasteiger partial charge in [0.15, 0.2) is 0 Å². The van der Waals surface area contributed by atoms with Crippen LogP contribution in [0.1, 0.15) is 53.5 Å². The van der Waals surface area contributed by atoms with Crippen molar-refractivity contribution in [2.24, 2.45) is 0 Å². The SMILES string of the molecule is COC(C)c1nc2cc(C(=O)O)ccc2n1-c1cccc(C2CCN(C)CC2)c1. The minimum atomic E-state index is -0.952. The van der Waals surface area contributed by atoms with Crippen molar-refractivity contribution in [2.75, 3.05) is 27.2 Å². The minimum Gasteiger partial charge on any atom is -0.478 e. The summed E-state index contributed by atoms with van der Waals surface area (Å²) < 4.78 is 7.65. The maximum absolute atomic E-state index is 11.4. The Hall–Kier alpha value is -2.70. The molecule has 1 saturated heterocycles. The molecule has 1 aliphatic rings. The molecule has 0 spiro atoms. The van der Waals surface area contributed by atoms with Gasteiger partial charge < -0.3 is 14.7 Å². The largest absolute Gasteiger partial charge is 0.478 e. The van der Waals surface area contributed by atoms with E-state index in [0.717, 1.165) is 43.0 Å². The molecule has 1 aromatic heterocycles. The number of methoxy groups -OCH3 is 1. The van der Waals surface area contributed by atoms with E-state index in [9.17, 15) is 9.90 Å². The summed E-state index contributed by atoms with van der Waals surface area (Å²) in [4.78, 5) is 18.5. The van der Waals surface area contributed by atoms with E-state index in [-0.39, 0.29) is 11.7 Å². The number of aromatic carboxylic acids is 1. The highest BCUT2D eigenvalue weighted by molar-refractivity contribution is 5.93. The first kappa shape index (κ1) is 19.6. The van der Waals surface area contributed by atoms with E-state index in [1.165, 1.54) is 5.56 Å². The molecule has 6 nitrogen and oxygen atoms in total. The zero-order valence-corrected chi connectivity index (χ0v) is 17.1. The van der Waals surface area contributed by atoms with Gasteiger partial charge in [0.05, 0.1) is 16.6 Å².